The molecule has 1 aromatic rings. The van der Waals surface area contributed by atoms with Crippen LogP contribution in [0.1, 0.15) is 17.3 Å². The molecule has 1 atom stereocenters. The first-order valence-electron chi connectivity index (χ1n) is 5.74. The van der Waals surface area contributed by atoms with E-state index < -0.39 is 26.8 Å². The van der Waals surface area contributed by atoms with E-state index in [1.54, 1.807) is 6.92 Å². The number of carbonyl (C=O) groups is 1. The third kappa shape index (κ3) is 4.58. The summed E-state index contributed by atoms with van der Waals surface area (Å²) in [5, 5.41) is 16.9. The van der Waals surface area contributed by atoms with Crippen molar-refractivity contribution in [1.29, 1.82) is 0 Å². The molecule has 9 heteroatoms. The molecule has 0 aromatic heterocycles. The molecule has 7 nitrogen and oxygen atoms in total. The van der Waals surface area contributed by atoms with Crippen LogP contribution in [0.15, 0.2) is 23.1 Å². The second kappa shape index (κ2) is 6.82. The largest absolute Gasteiger partial charge is 0.478 e. The van der Waals surface area contributed by atoms with Gasteiger partial charge in [-0.05, 0) is 18.2 Å². The average Bonchev–Trinajstić information content (AvgIpc) is 2.37. The van der Waals surface area contributed by atoms with Crippen LogP contribution in [0.3, 0.4) is 0 Å². The van der Waals surface area contributed by atoms with Crippen LogP contribution >= 0.6 is 0 Å². The van der Waals surface area contributed by atoms with E-state index in [9.17, 15) is 17.4 Å². The molecule has 112 valence electrons. The van der Waals surface area contributed by atoms with Gasteiger partial charge in [0.25, 0.3) is 0 Å². The maximum atomic E-state index is 11.3. The zero-order valence-electron chi connectivity index (χ0n) is 10.8. The molecule has 0 saturated carbocycles. The fraction of sp³-hybridized carbons (Fsp3) is 0.364. The monoisotopic (exact) mass is 320 g/mol. The van der Waals surface area contributed by atoms with Crippen LogP contribution < -0.4 is 10.5 Å². The molecule has 0 saturated heterocycles. The number of nitrogens with two attached hydrogens (primary N) is 1. The minimum absolute atomic E-state index is 0.196. The molecule has 0 spiro atoms. The van der Waals surface area contributed by atoms with Crippen LogP contribution in [0.4, 0.5) is 5.69 Å². The molecule has 0 aliphatic heterocycles. The highest BCUT2D eigenvalue weighted by Gasteiger charge is 2.15. The Morgan fingerprint density at radius 3 is 2.60 bits per heavy atom. The van der Waals surface area contributed by atoms with Gasteiger partial charge in [-0.25, -0.2) is 18.4 Å². The number of sulfonamides is 1. The van der Waals surface area contributed by atoms with E-state index in [1.807, 2.05) is 0 Å². The third-order valence-corrected chi connectivity index (χ3v) is 4.73. The maximum absolute atomic E-state index is 11.3. The summed E-state index contributed by atoms with van der Waals surface area (Å²) in [6.45, 7) is 2.12. The van der Waals surface area contributed by atoms with E-state index in [2.05, 4.69) is 5.32 Å². The number of primary sulfonamides is 1. The molecule has 0 fully saturated rings. The molecule has 1 rings (SSSR count). The predicted octanol–water partition coefficient (Wildman–Crippen LogP) is 0.213. The summed E-state index contributed by atoms with van der Waals surface area (Å²) >= 11 is 0. The third-order valence-electron chi connectivity index (χ3n) is 2.52. The lowest BCUT2D eigenvalue weighted by atomic mass is 10.2. The predicted molar refractivity (Wildman–Crippen MR) is 76.8 cm³/mol. The fourth-order valence-electron chi connectivity index (χ4n) is 1.48. The van der Waals surface area contributed by atoms with Crippen molar-refractivity contribution < 1.29 is 22.5 Å². The van der Waals surface area contributed by atoms with Gasteiger partial charge in [0.05, 0.1) is 10.5 Å². The Kier molecular flexibility index (Phi) is 5.66. The van der Waals surface area contributed by atoms with Gasteiger partial charge in [-0.2, -0.15) is 0 Å². The number of carboxylic acids is 1. The number of rotatable bonds is 7. The number of aromatic carboxylic acids is 1. The van der Waals surface area contributed by atoms with E-state index in [1.165, 1.54) is 12.1 Å². The van der Waals surface area contributed by atoms with Crippen LogP contribution in [-0.2, 0) is 20.8 Å². The fourth-order valence-corrected chi connectivity index (χ4v) is 2.63. The van der Waals surface area contributed by atoms with E-state index >= 15 is 0 Å². The molecule has 0 bridgehead atoms. The first-order valence-corrected chi connectivity index (χ1v) is 8.78. The molecule has 20 heavy (non-hydrogen) atoms. The van der Waals surface area contributed by atoms with Gasteiger partial charge in [-0.3, -0.25) is 4.21 Å². The Morgan fingerprint density at radius 1 is 1.45 bits per heavy atom. The standard InChI is InChI=1S/C11H16N2O5S2/c1-2-19(16)6-5-13-10-4-3-8(20(12,17)18)7-9(10)11(14)15/h3-4,7,13H,2,5-6H2,1H3,(H,14,15)(H2,12,17,18). The number of hydrogen-bond acceptors (Lipinski definition) is 5. The Labute approximate surface area is 119 Å². The molecule has 0 amide bonds. The van der Waals surface area contributed by atoms with Crippen LogP contribution in [0.25, 0.3) is 0 Å². The van der Waals surface area contributed by atoms with Gasteiger partial charge in [-0.1, -0.05) is 6.92 Å². The number of anilines is 1. The lowest BCUT2D eigenvalue weighted by Crippen LogP contribution is -2.16. The number of carboxylic acid groups (broad SMARTS) is 1. The van der Waals surface area contributed by atoms with Gasteiger partial charge in [-0.15, -0.1) is 0 Å². The zero-order valence-corrected chi connectivity index (χ0v) is 12.5. The van der Waals surface area contributed by atoms with Crippen molar-refractivity contribution in [3.8, 4) is 0 Å². The van der Waals surface area contributed by atoms with Crippen molar-refractivity contribution in [2.45, 2.75) is 11.8 Å². The normalized spacial score (nSPS) is 12.9. The van der Waals surface area contributed by atoms with Gasteiger partial charge < -0.3 is 10.4 Å². The highest BCUT2D eigenvalue weighted by molar-refractivity contribution is 7.89. The van der Waals surface area contributed by atoms with Gasteiger partial charge in [0.15, 0.2) is 0 Å². The van der Waals surface area contributed by atoms with Crippen LogP contribution in [0.2, 0.25) is 0 Å². The highest BCUT2D eigenvalue weighted by Crippen LogP contribution is 2.19. The summed E-state index contributed by atoms with van der Waals surface area (Å²) in [5.41, 5.74) is 0.0665. The quantitative estimate of drug-likeness (QED) is 0.659. The highest BCUT2D eigenvalue weighted by atomic mass is 32.2. The lowest BCUT2D eigenvalue weighted by Gasteiger charge is -2.10. The first-order chi connectivity index (χ1) is 9.25. The van der Waals surface area contributed by atoms with Crippen molar-refractivity contribution >= 4 is 32.5 Å². The second-order valence-electron chi connectivity index (χ2n) is 3.92. The smallest absolute Gasteiger partial charge is 0.337 e. The van der Waals surface area contributed by atoms with Crippen molar-refractivity contribution in [2.24, 2.45) is 5.14 Å². The van der Waals surface area contributed by atoms with Crippen molar-refractivity contribution in [2.75, 3.05) is 23.4 Å². The Hall–Kier alpha value is -1.45. The molecule has 0 heterocycles. The summed E-state index contributed by atoms with van der Waals surface area (Å²) < 4.78 is 33.6. The van der Waals surface area contributed by atoms with Gasteiger partial charge >= 0.3 is 5.97 Å². The lowest BCUT2D eigenvalue weighted by molar-refractivity contribution is 0.0697. The van der Waals surface area contributed by atoms with Crippen LogP contribution in [0, 0.1) is 0 Å². The molecular weight excluding hydrogens is 304 g/mol. The number of hydrogen-bond donors (Lipinski definition) is 3. The molecule has 1 aromatic carbocycles. The molecular formula is C11H16N2O5S2. The van der Waals surface area contributed by atoms with Gasteiger partial charge in [0.2, 0.25) is 10.0 Å². The van der Waals surface area contributed by atoms with E-state index in [0.29, 0.717) is 18.1 Å². The Bertz CT molecular complexity index is 628. The molecule has 0 aliphatic carbocycles. The maximum Gasteiger partial charge on any atom is 0.337 e. The summed E-state index contributed by atoms with van der Waals surface area (Å²) in [4.78, 5) is 10.9. The minimum Gasteiger partial charge on any atom is -0.478 e. The van der Waals surface area contributed by atoms with Gasteiger partial charge in [0.1, 0.15) is 0 Å². The summed E-state index contributed by atoms with van der Waals surface area (Å²) in [6.07, 6.45) is 0. The SMILES string of the molecule is CCS(=O)CCNc1ccc(S(N)(=O)=O)cc1C(=O)O. The molecule has 0 radical (unpaired) electrons. The number of nitrogens with one attached hydrogen (secondary N) is 1. The molecule has 4 N–H and O–H groups in total. The first kappa shape index (κ1) is 16.6. The van der Waals surface area contributed by atoms with E-state index in [-0.39, 0.29) is 16.1 Å². The summed E-state index contributed by atoms with van der Waals surface area (Å²) in [5.74, 6) is -0.362. The molecule has 0 aliphatic rings. The van der Waals surface area contributed by atoms with Crippen molar-refractivity contribution in [3.63, 3.8) is 0 Å². The van der Waals surface area contributed by atoms with E-state index in [4.69, 9.17) is 10.2 Å². The zero-order chi connectivity index (χ0) is 15.3. The summed E-state index contributed by atoms with van der Waals surface area (Å²) in [6, 6.07) is 3.55. The average molecular weight is 320 g/mol. The van der Waals surface area contributed by atoms with E-state index in [0.717, 1.165) is 6.07 Å². The minimum atomic E-state index is -3.95. The molecule has 1 unspecified atom stereocenters. The van der Waals surface area contributed by atoms with Crippen molar-refractivity contribution in [3.05, 3.63) is 23.8 Å². The Balaban J connectivity index is 2.97. The van der Waals surface area contributed by atoms with Crippen molar-refractivity contribution in [1.82, 2.24) is 0 Å². The van der Waals surface area contributed by atoms with Crippen LogP contribution in [-0.4, -0.2) is 41.8 Å². The van der Waals surface area contributed by atoms with Crippen LogP contribution in [0.5, 0.6) is 0 Å². The summed E-state index contributed by atoms with van der Waals surface area (Å²) in [7, 11) is -4.92. The Morgan fingerprint density at radius 2 is 2.10 bits per heavy atom. The second-order valence-corrected chi connectivity index (χ2v) is 7.34. The number of benzene rings is 1. The topological polar surface area (TPSA) is 127 Å². The van der Waals surface area contributed by atoms with Gasteiger partial charge in [0, 0.05) is 34.5 Å².